The van der Waals surface area contributed by atoms with Gasteiger partial charge in [-0.1, -0.05) is 13.3 Å². The second kappa shape index (κ2) is 8.60. The van der Waals surface area contributed by atoms with Gasteiger partial charge in [-0.05, 0) is 32.2 Å². The van der Waals surface area contributed by atoms with Gasteiger partial charge < -0.3 is 10.2 Å². The third-order valence-electron chi connectivity index (χ3n) is 4.58. The van der Waals surface area contributed by atoms with E-state index in [4.69, 9.17) is 0 Å². The summed E-state index contributed by atoms with van der Waals surface area (Å²) in [6, 6.07) is -0.0575. The Bertz CT molecular complexity index is 579. The predicted octanol–water partition coefficient (Wildman–Crippen LogP) is 2.96. The summed E-state index contributed by atoms with van der Waals surface area (Å²) in [5.74, 6) is 0.0334. The second-order valence-corrected chi connectivity index (χ2v) is 6.63. The molecule has 2 rings (SSSR count). The van der Waals surface area contributed by atoms with Crippen LogP contribution in [0, 0.1) is 12.8 Å². The lowest BCUT2D eigenvalue weighted by Gasteiger charge is -2.19. The minimum absolute atomic E-state index is 0.0575. The molecular weight excluding hydrogens is 333 g/mol. The van der Waals surface area contributed by atoms with Crippen molar-refractivity contribution in [3.05, 3.63) is 23.8 Å². The third kappa shape index (κ3) is 5.95. The monoisotopic (exact) mass is 358 g/mol. The van der Waals surface area contributed by atoms with Crippen LogP contribution in [0.1, 0.15) is 48.7 Å². The number of alkyl halides is 3. The molecule has 1 aromatic heterocycles. The van der Waals surface area contributed by atoms with E-state index in [1.54, 1.807) is 6.92 Å². The van der Waals surface area contributed by atoms with Gasteiger partial charge in [0.1, 0.15) is 6.33 Å². The van der Waals surface area contributed by atoms with E-state index in [0.29, 0.717) is 24.3 Å². The highest BCUT2D eigenvalue weighted by atomic mass is 19.4. The molecule has 1 aliphatic heterocycles. The van der Waals surface area contributed by atoms with Crippen molar-refractivity contribution in [2.75, 3.05) is 19.6 Å². The van der Waals surface area contributed by atoms with Crippen molar-refractivity contribution in [1.29, 1.82) is 0 Å². The SMILES string of the molecule is CCC[C@@H]1CN(CCCC(F)(F)F)C[C@H]1NC(=O)c1cncnc1C. The minimum atomic E-state index is -4.11. The lowest BCUT2D eigenvalue weighted by molar-refractivity contribution is -0.136. The van der Waals surface area contributed by atoms with E-state index in [1.807, 2.05) is 4.90 Å². The molecule has 1 saturated heterocycles. The maximum absolute atomic E-state index is 12.5. The van der Waals surface area contributed by atoms with Crippen LogP contribution in [0.5, 0.6) is 0 Å². The molecule has 1 N–H and O–H groups in total. The Balaban J connectivity index is 1.93. The van der Waals surface area contributed by atoms with Gasteiger partial charge in [0, 0.05) is 31.7 Å². The van der Waals surface area contributed by atoms with Crippen LogP contribution in [0.2, 0.25) is 0 Å². The van der Waals surface area contributed by atoms with Crippen molar-refractivity contribution in [2.45, 2.75) is 51.7 Å². The highest BCUT2D eigenvalue weighted by molar-refractivity contribution is 5.95. The Labute approximate surface area is 146 Å². The molecule has 2 atom stereocenters. The number of aromatic nitrogens is 2. The van der Waals surface area contributed by atoms with Crippen molar-refractivity contribution in [2.24, 2.45) is 5.92 Å². The maximum Gasteiger partial charge on any atom is 0.389 e. The van der Waals surface area contributed by atoms with Gasteiger partial charge in [0.05, 0.1) is 11.3 Å². The fraction of sp³-hybridized carbons (Fsp3) is 0.706. The smallest absolute Gasteiger partial charge is 0.348 e. The number of aryl methyl sites for hydroxylation is 1. The molecule has 0 radical (unpaired) electrons. The summed E-state index contributed by atoms with van der Waals surface area (Å²) in [4.78, 5) is 22.4. The van der Waals surface area contributed by atoms with Crippen LogP contribution in [0.15, 0.2) is 12.5 Å². The maximum atomic E-state index is 12.5. The van der Waals surface area contributed by atoms with Crippen LogP contribution >= 0.6 is 0 Å². The zero-order valence-corrected chi connectivity index (χ0v) is 14.6. The molecule has 5 nitrogen and oxygen atoms in total. The Kier molecular flexibility index (Phi) is 6.75. The Morgan fingerprint density at radius 2 is 2.16 bits per heavy atom. The van der Waals surface area contributed by atoms with Crippen molar-refractivity contribution >= 4 is 5.91 Å². The second-order valence-electron chi connectivity index (χ2n) is 6.63. The van der Waals surface area contributed by atoms with E-state index in [1.165, 1.54) is 12.5 Å². The zero-order chi connectivity index (χ0) is 18.4. The quantitative estimate of drug-likeness (QED) is 0.814. The van der Waals surface area contributed by atoms with E-state index in [0.717, 1.165) is 19.4 Å². The Morgan fingerprint density at radius 3 is 2.80 bits per heavy atom. The molecule has 0 aliphatic carbocycles. The summed E-state index contributed by atoms with van der Waals surface area (Å²) in [6.45, 7) is 5.53. The average Bonchev–Trinajstić information content (AvgIpc) is 2.88. The third-order valence-corrected chi connectivity index (χ3v) is 4.58. The number of likely N-dealkylation sites (tertiary alicyclic amines) is 1. The predicted molar refractivity (Wildman–Crippen MR) is 88.2 cm³/mol. The van der Waals surface area contributed by atoms with Crippen molar-refractivity contribution < 1.29 is 18.0 Å². The van der Waals surface area contributed by atoms with E-state index in [2.05, 4.69) is 22.2 Å². The molecule has 0 spiro atoms. The summed E-state index contributed by atoms with van der Waals surface area (Å²) in [5.41, 5.74) is 1.05. The van der Waals surface area contributed by atoms with Crippen LogP contribution < -0.4 is 5.32 Å². The molecule has 1 amide bonds. The lowest BCUT2D eigenvalue weighted by atomic mass is 9.98. The summed E-state index contributed by atoms with van der Waals surface area (Å²) in [5, 5.41) is 3.02. The normalized spacial score (nSPS) is 21.5. The molecule has 8 heteroatoms. The van der Waals surface area contributed by atoms with Gasteiger partial charge in [-0.25, -0.2) is 9.97 Å². The number of amides is 1. The van der Waals surface area contributed by atoms with Crippen molar-refractivity contribution in [1.82, 2.24) is 20.2 Å². The van der Waals surface area contributed by atoms with E-state index in [9.17, 15) is 18.0 Å². The van der Waals surface area contributed by atoms with Gasteiger partial charge in [-0.15, -0.1) is 0 Å². The molecule has 1 aromatic rings. The van der Waals surface area contributed by atoms with E-state index >= 15 is 0 Å². The number of rotatable bonds is 7. The largest absolute Gasteiger partial charge is 0.389 e. The van der Waals surface area contributed by atoms with Gasteiger partial charge in [-0.2, -0.15) is 13.2 Å². The average molecular weight is 358 g/mol. The molecule has 2 heterocycles. The number of carbonyl (C=O) groups is 1. The molecule has 0 unspecified atom stereocenters. The van der Waals surface area contributed by atoms with Gasteiger partial charge in [-0.3, -0.25) is 4.79 Å². The number of nitrogens with zero attached hydrogens (tertiary/aromatic N) is 3. The van der Waals surface area contributed by atoms with Crippen LogP contribution in [0.3, 0.4) is 0 Å². The first-order valence-corrected chi connectivity index (χ1v) is 8.66. The summed E-state index contributed by atoms with van der Waals surface area (Å²) < 4.78 is 36.9. The first kappa shape index (κ1) is 19.6. The molecule has 0 saturated carbocycles. The molecule has 0 bridgehead atoms. The van der Waals surface area contributed by atoms with Crippen molar-refractivity contribution in [3.8, 4) is 0 Å². The van der Waals surface area contributed by atoms with Crippen LogP contribution in [-0.4, -0.2) is 52.6 Å². The van der Waals surface area contributed by atoms with E-state index in [-0.39, 0.29) is 24.3 Å². The Hall–Kier alpha value is -1.70. The zero-order valence-electron chi connectivity index (χ0n) is 14.6. The van der Waals surface area contributed by atoms with Gasteiger partial charge in [0.25, 0.3) is 5.91 Å². The lowest BCUT2D eigenvalue weighted by Crippen LogP contribution is -2.41. The topological polar surface area (TPSA) is 58.1 Å². The number of halogens is 3. The highest BCUT2D eigenvalue weighted by Crippen LogP contribution is 2.25. The Morgan fingerprint density at radius 1 is 1.40 bits per heavy atom. The summed E-state index contributed by atoms with van der Waals surface area (Å²) in [7, 11) is 0. The van der Waals surface area contributed by atoms with Gasteiger partial charge in [0.15, 0.2) is 0 Å². The summed E-state index contributed by atoms with van der Waals surface area (Å²) in [6.07, 6.45) is 0.00749. The fourth-order valence-electron chi connectivity index (χ4n) is 3.33. The first-order chi connectivity index (χ1) is 11.8. The molecular formula is C17H25F3N4O. The van der Waals surface area contributed by atoms with Crippen molar-refractivity contribution in [3.63, 3.8) is 0 Å². The van der Waals surface area contributed by atoms with Crippen LogP contribution in [0.4, 0.5) is 13.2 Å². The molecule has 1 aliphatic rings. The number of nitrogens with one attached hydrogen (secondary N) is 1. The van der Waals surface area contributed by atoms with Crippen LogP contribution in [-0.2, 0) is 0 Å². The standard InChI is InChI=1S/C17H25F3N4O/c1-3-5-13-9-24(7-4-6-17(18,19)20)10-15(13)23-16(25)14-8-21-11-22-12(14)2/h8,11,13,15H,3-7,9-10H2,1-2H3,(H,23,25)/t13-,15-/m1/s1. The summed E-state index contributed by atoms with van der Waals surface area (Å²) >= 11 is 0. The number of hydrogen-bond donors (Lipinski definition) is 1. The van der Waals surface area contributed by atoms with E-state index < -0.39 is 12.6 Å². The minimum Gasteiger partial charge on any atom is -0.348 e. The fourth-order valence-corrected chi connectivity index (χ4v) is 3.33. The molecule has 140 valence electrons. The van der Waals surface area contributed by atoms with Crippen LogP contribution in [0.25, 0.3) is 0 Å². The highest BCUT2D eigenvalue weighted by Gasteiger charge is 2.34. The van der Waals surface area contributed by atoms with Gasteiger partial charge in [0.2, 0.25) is 0 Å². The molecule has 0 aromatic carbocycles. The molecule has 25 heavy (non-hydrogen) atoms. The number of hydrogen-bond acceptors (Lipinski definition) is 4. The molecule has 1 fully saturated rings. The first-order valence-electron chi connectivity index (χ1n) is 8.66. The number of carbonyl (C=O) groups excluding carboxylic acids is 1. The van der Waals surface area contributed by atoms with Gasteiger partial charge >= 0.3 is 6.18 Å².